The molecular weight excluding hydrogens is 234 g/mol. The molecule has 19 heavy (non-hydrogen) atoms. The predicted octanol–water partition coefficient (Wildman–Crippen LogP) is 3.74. The van der Waals surface area contributed by atoms with Crippen LogP contribution >= 0.6 is 0 Å². The fourth-order valence-corrected chi connectivity index (χ4v) is 4.67. The summed E-state index contributed by atoms with van der Waals surface area (Å²) in [6.07, 6.45) is 5.02. The molecule has 0 heterocycles. The lowest BCUT2D eigenvalue weighted by molar-refractivity contribution is 0.0988. The lowest BCUT2D eigenvalue weighted by Crippen LogP contribution is -2.12. The van der Waals surface area contributed by atoms with E-state index in [2.05, 4.69) is 17.4 Å². The highest BCUT2D eigenvalue weighted by Crippen LogP contribution is 2.66. The van der Waals surface area contributed by atoms with Crippen LogP contribution in [0.15, 0.2) is 24.3 Å². The summed E-state index contributed by atoms with van der Waals surface area (Å²) in [6, 6.07) is 8.78. The Morgan fingerprint density at radius 2 is 1.79 bits per heavy atom. The molecule has 100 valence electrons. The van der Waals surface area contributed by atoms with Gasteiger partial charge in [0.25, 0.3) is 0 Å². The van der Waals surface area contributed by atoms with Gasteiger partial charge in [-0.1, -0.05) is 6.92 Å². The number of hydrogen-bond donors (Lipinski definition) is 1. The van der Waals surface area contributed by atoms with Crippen molar-refractivity contribution in [2.75, 3.05) is 5.32 Å². The summed E-state index contributed by atoms with van der Waals surface area (Å²) in [4.78, 5) is 11.6. The van der Waals surface area contributed by atoms with Crippen LogP contribution in [0, 0.1) is 23.7 Å². The molecule has 0 spiro atoms. The van der Waals surface area contributed by atoms with Crippen LogP contribution in [0.4, 0.5) is 5.69 Å². The van der Waals surface area contributed by atoms with Gasteiger partial charge in [0, 0.05) is 23.7 Å². The first-order chi connectivity index (χ1) is 9.28. The highest BCUT2D eigenvalue weighted by molar-refractivity contribution is 5.96. The molecular formula is C17H21NO. The van der Waals surface area contributed by atoms with Gasteiger partial charge in [0.05, 0.1) is 0 Å². The summed E-state index contributed by atoms with van der Waals surface area (Å²) < 4.78 is 0. The molecule has 1 aromatic rings. The van der Waals surface area contributed by atoms with Gasteiger partial charge in [-0.05, 0) is 67.2 Å². The summed E-state index contributed by atoms with van der Waals surface area (Å²) in [5, 5.41) is 3.69. The Morgan fingerprint density at radius 1 is 1.16 bits per heavy atom. The molecule has 3 saturated carbocycles. The van der Waals surface area contributed by atoms with E-state index in [0.717, 1.165) is 35.3 Å². The molecule has 3 aliphatic rings. The zero-order chi connectivity index (χ0) is 13.0. The van der Waals surface area contributed by atoms with Crippen molar-refractivity contribution >= 4 is 11.5 Å². The van der Waals surface area contributed by atoms with E-state index in [4.69, 9.17) is 0 Å². The summed E-state index contributed by atoms with van der Waals surface area (Å²) in [5.41, 5.74) is 2.02. The third kappa shape index (κ3) is 1.73. The van der Waals surface area contributed by atoms with Gasteiger partial charge < -0.3 is 5.32 Å². The summed E-state index contributed by atoms with van der Waals surface area (Å²) in [7, 11) is 0. The van der Waals surface area contributed by atoms with E-state index in [1.165, 1.54) is 24.9 Å². The number of carbonyl (C=O) groups excluding carboxylic acids is 1. The number of benzene rings is 1. The standard InChI is InChI=1S/C17H21NO/c1-2-14(19)10-5-7-13(8-6-10)18-17-15-11-3-4-12(9-11)16(15)17/h5-8,11-12,15-18H,2-4,9H2,1H3. The van der Waals surface area contributed by atoms with Crippen LogP contribution in [-0.2, 0) is 0 Å². The molecule has 4 atom stereocenters. The van der Waals surface area contributed by atoms with Crippen LogP contribution < -0.4 is 5.32 Å². The number of nitrogens with one attached hydrogen (secondary N) is 1. The van der Waals surface area contributed by atoms with E-state index >= 15 is 0 Å². The molecule has 0 aromatic heterocycles. The number of carbonyl (C=O) groups is 1. The average Bonchev–Trinajstić information content (AvgIpc) is 2.85. The minimum atomic E-state index is 0.230. The third-order valence-corrected chi connectivity index (χ3v) is 5.60. The van der Waals surface area contributed by atoms with E-state index in [1.54, 1.807) is 0 Å². The van der Waals surface area contributed by atoms with Gasteiger partial charge in [0.15, 0.2) is 5.78 Å². The van der Waals surface area contributed by atoms with Gasteiger partial charge in [-0.15, -0.1) is 0 Å². The SMILES string of the molecule is CCC(=O)c1ccc(NC2C3C4CCC(C4)C23)cc1. The molecule has 4 unspecified atom stereocenters. The van der Waals surface area contributed by atoms with Crippen molar-refractivity contribution in [3.8, 4) is 0 Å². The molecule has 0 amide bonds. The average molecular weight is 255 g/mol. The zero-order valence-electron chi connectivity index (χ0n) is 11.4. The maximum atomic E-state index is 11.6. The monoisotopic (exact) mass is 255 g/mol. The normalized spacial score (nSPS) is 38.1. The van der Waals surface area contributed by atoms with Gasteiger partial charge in [0.2, 0.25) is 0 Å². The molecule has 4 rings (SSSR count). The van der Waals surface area contributed by atoms with E-state index < -0.39 is 0 Å². The van der Waals surface area contributed by atoms with Crippen molar-refractivity contribution in [1.82, 2.24) is 0 Å². The lowest BCUT2D eigenvalue weighted by atomic mass is 10.0. The second kappa shape index (κ2) is 4.09. The van der Waals surface area contributed by atoms with Crippen molar-refractivity contribution in [3.63, 3.8) is 0 Å². The summed E-state index contributed by atoms with van der Waals surface area (Å²) >= 11 is 0. The second-order valence-corrected chi connectivity index (χ2v) is 6.51. The first-order valence-electron chi connectivity index (χ1n) is 7.67. The Labute approximate surface area is 114 Å². The first kappa shape index (κ1) is 11.5. The van der Waals surface area contributed by atoms with Crippen molar-refractivity contribution in [2.45, 2.75) is 38.6 Å². The van der Waals surface area contributed by atoms with E-state index in [0.29, 0.717) is 6.42 Å². The Balaban J connectivity index is 1.43. The Morgan fingerprint density at radius 3 is 2.37 bits per heavy atom. The third-order valence-electron chi connectivity index (χ3n) is 5.60. The van der Waals surface area contributed by atoms with Crippen LogP contribution in [0.1, 0.15) is 43.0 Å². The van der Waals surface area contributed by atoms with Gasteiger partial charge in [-0.25, -0.2) is 0 Å². The Bertz CT molecular complexity index is 490. The van der Waals surface area contributed by atoms with Gasteiger partial charge in [-0.2, -0.15) is 0 Å². The number of fused-ring (bicyclic) bond motifs is 5. The lowest BCUT2D eigenvalue weighted by Gasteiger charge is -2.12. The number of Topliss-reactive ketones (excluding diaryl/α,β-unsaturated/α-hetero) is 1. The van der Waals surface area contributed by atoms with Crippen molar-refractivity contribution in [2.24, 2.45) is 23.7 Å². The van der Waals surface area contributed by atoms with Crippen molar-refractivity contribution in [3.05, 3.63) is 29.8 Å². The molecule has 3 fully saturated rings. The van der Waals surface area contributed by atoms with Gasteiger partial charge in [-0.3, -0.25) is 4.79 Å². The molecule has 2 heteroatoms. The molecule has 3 aliphatic carbocycles. The maximum absolute atomic E-state index is 11.6. The second-order valence-electron chi connectivity index (χ2n) is 6.51. The fraction of sp³-hybridized carbons (Fsp3) is 0.588. The zero-order valence-corrected chi connectivity index (χ0v) is 11.4. The largest absolute Gasteiger partial charge is 0.382 e. The summed E-state index contributed by atoms with van der Waals surface area (Å²) in [6.45, 7) is 1.91. The topological polar surface area (TPSA) is 29.1 Å². The molecule has 2 bridgehead atoms. The minimum absolute atomic E-state index is 0.230. The summed E-state index contributed by atoms with van der Waals surface area (Å²) in [5.74, 6) is 4.15. The highest BCUT2D eigenvalue weighted by atomic mass is 16.1. The molecule has 1 N–H and O–H groups in total. The number of rotatable bonds is 4. The van der Waals surface area contributed by atoms with E-state index in [-0.39, 0.29) is 5.78 Å². The smallest absolute Gasteiger partial charge is 0.162 e. The minimum Gasteiger partial charge on any atom is -0.382 e. The van der Waals surface area contributed by atoms with Gasteiger partial charge in [0.1, 0.15) is 0 Å². The Kier molecular flexibility index (Phi) is 2.48. The molecule has 1 aromatic carbocycles. The van der Waals surface area contributed by atoms with Crippen molar-refractivity contribution in [1.29, 1.82) is 0 Å². The van der Waals surface area contributed by atoms with Crippen molar-refractivity contribution < 1.29 is 4.79 Å². The maximum Gasteiger partial charge on any atom is 0.162 e. The first-order valence-corrected chi connectivity index (χ1v) is 7.67. The van der Waals surface area contributed by atoms with E-state index in [9.17, 15) is 4.79 Å². The predicted molar refractivity (Wildman–Crippen MR) is 76.3 cm³/mol. The molecule has 0 radical (unpaired) electrons. The number of ketones is 1. The molecule has 0 saturated heterocycles. The van der Waals surface area contributed by atoms with Crippen LogP contribution in [0.25, 0.3) is 0 Å². The molecule has 0 aliphatic heterocycles. The van der Waals surface area contributed by atoms with E-state index in [1.807, 2.05) is 19.1 Å². The van der Waals surface area contributed by atoms with Crippen LogP contribution in [0.2, 0.25) is 0 Å². The molecule has 2 nitrogen and oxygen atoms in total. The Hall–Kier alpha value is -1.31. The fourth-order valence-electron chi connectivity index (χ4n) is 4.67. The highest BCUT2D eigenvalue weighted by Gasteiger charge is 2.64. The quantitative estimate of drug-likeness (QED) is 0.830. The van der Waals surface area contributed by atoms with Crippen LogP contribution in [-0.4, -0.2) is 11.8 Å². The van der Waals surface area contributed by atoms with Crippen LogP contribution in [0.3, 0.4) is 0 Å². The van der Waals surface area contributed by atoms with Gasteiger partial charge >= 0.3 is 0 Å². The van der Waals surface area contributed by atoms with Crippen LogP contribution in [0.5, 0.6) is 0 Å². The number of anilines is 1. The number of hydrogen-bond acceptors (Lipinski definition) is 2.